The van der Waals surface area contributed by atoms with E-state index in [2.05, 4.69) is 4.98 Å². The van der Waals surface area contributed by atoms with E-state index in [1.165, 1.54) is 0 Å². The molecule has 0 bridgehead atoms. The fourth-order valence-corrected chi connectivity index (χ4v) is 1.60. The van der Waals surface area contributed by atoms with Crippen LogP contribution in [0.5, 0.6) is 0 Å². The molecule has 3 nitrogen and oxygen atoms in total. The molecule has 1 heterocycles. The Morgan fingerprint density at radius 2 is 2.00 bits per heavy atom. The van der Waals surface area contributed by atoms with Gasteiger partial charge in [0.15, 0.2) is 11.6 Å². The number of aryl methyl sites for hydroxylation is 1. The van der Waals surface area contributed by atoms with Gasteiger partial charge in [0, 0.05) is 18.7 Å². The summed E-state index contributed by atoms with van der Waals surface area (Å²) in [4.78, 5) is 3.97. The zero-order chi connectivity index (χ0) is 11.0. The van der Waals surface area contributed by atoms with Gasteiger partial charge in [-0.05, 0) is 6.42 Å². The highest BCUT2D eigenvalue weighted by molar-refractivity contribution is 5.78. The van der Waals surface area contributed by atoms with Gasteiger partial charge in [-0.2, -0.15) is 0 Å². The number of hydrogen-bond donors (Lipinski definition) is 1. The SMILES string of the molecule is CCCn1c(N)nc2cc(F)c(F)cc21. The lowest BCUT2D eigenvalue weighted by Gasteiger charge is -2.03. The van der Waals surface area contributed by atoms with Crippen molar-refractivity contribution in [2.24, 2.45) is 0 Å². The first-order chi connectivity index (χ1) is 7.13. The molecular formula is C10H11F2N3. The van der Waals surface area contributed by atoms with Gasteiger partial charge in [-0.3, -0.25) is 0 Å². The molecular weight excluding hydrogens is 200 g/mol. The predicted octanol–water partition coefficient (Wildman–Crippen LogP) is 2.31. The highest BCUT2D eigenvalue weighted by Gasteiger charge is 2.11. The van der Waals surface area contributed by atoms with Gasteiger partial charge in [0.2, 0.25) is 5.95 Å². The van der Waals surface area contributed by atoms with Crippen molar-refractivity contribution >= 4 is 17.0 Å². The topological polar surface area (TPSA) is 43.8 Å². The predicted molar refractivity (Wildman–Crippen MR) is 54.4 cm³/mol. The van der Waals surface area contributed by atoms with Crippen LogP contribution >= 0.6 is 0 Å². The first-order valence-electron chi connectivity index (χ1n) is 4.74. The molecule has 0 aliphatic heterocycles. The number of benzene rings is 1. The van der Waals surface area contributed by atoms with Gasteiger partial charge in [0.1, 0.15) is 0 Å². The molecule has 0 unspecified atom stereocenters. The van der Waals surface area contributed by atoms with Gasteiger partial charge in [0.05, 0.1) is 11.0 Å². The second-order valence-corrected chi connectivity index (χ2v) is 3.38. The third kappa shape index (κ3) is 1.54. The third-order valence-corrected chi connectivity index (χ3v) is 2.27. The van der Waals surface area contributed by atoms with Gasteiger partial charge in [-0.15, -0.1) is 0 Å². The summed E-state index contributed by atoms with van der Waals surface area (Å²) in [7, 11) is 0. The number of hydrogen-bond acceptors (Lipinski definition) is 2. The molecule has 2 N–H and O–H groups in total. The second-order valence-electron chi connectivity index (χ2n) is 3.38. The van der Waals surface area contributed by atoms with Gasteiger partial charge in [0.25, 0.3) is 0 Å². The van der Waals surface area contributed by atoms with Crippen LogP contribution in [0.15, 0.2) is 12.1 Å². The first-order valence-corrected chi connectivity index (χ1v) is 4.74. The quantitative estimate of drug-likeness (QED) is 0.828. The van der Waals surface area contributed by atoms with Gasteiger partial charge < -0.3 is 10.3 Å². The van der Waals surface area contributed by atoms with Crippen LogP contribution in [-0.2, 0) is 6.54 Å². The molecule has 80 valence electrons. The zero-order valence-electron chi connectivity index (χ0n) is 8.30. The average Bonchev–Trinajstić information content (AvgIpc) is 2.46. The first kappa shape index (κ1) is 9.89. The molecule has 2 rings (SSSR count). The van der Waals surface area contributed by atoms with Crippen molar-refractivity contribution in [3.05, 3.63) is 23.8 Å². The lowest BCUT2D eigenvalue weighted by Crippen LogP contribution is -2.02. The minimum atomic E-state index is -0.899. The lowest BCUT2D eigenvalue weighted by molar-refractivity contribution is 0.510. The normalized spacial score (nSPS) is 11.1. The summed E-state index contributed by atoms with van der Waals surface area (Å²) in [5.74, 6) is -1.49. The third-order valence-electron chi connectivity index (χ3n) is 2.27. The Bertz CT molecular complexity index is 505. The van der Waals surface area contributed by atoms with Crippen molar-refractivity contribution in [1.82, 2.24) is 9.55 Å². The van der Waals surface area contributed by atoms with E-state index in [4.69, 9.17) is 5.73 Å². The smallest absolute Gasteiger partial charge is 0.201 e. The number of halogens is 2. The number of nitrogens with zero attached hydrogens (tertiary/aromatic N) is 2. The molecule has 5 heteroatoms. The summed E-state index contributed by atoms with van der Waals surface area (Å²) in [5.41, 5.74) is 6.57. The summed E-state index contributed by atoms with van der Waals surface area (Å²) in [6, 6.07) is 2.19. The Kier molecular flexibility index (Phi) is 2.30. The Morgan fingerprint density at radius 3 is 2.67 bits per heavy atom. The maximum atomic E-state index is 13.0. The van der Waals surface area contributed by atoms with E-state index in [9.17, 15) is 8.78 Å². The average molecular weight is 211 g/mol. The summed E-state index contributed by atoms with van der Waals surface area (Å²) in [6.45, 7) is 2.62. The maximum absolute atomic E-state index is 13.0. The lowest BCUT2D eigenvalue weighted by atomic mass is 10.3. The number of anilines is 1. The minimum absolute atomic E-state index is 0.289. The molecule has 0 aliphatic rings. The standard InChI is InChI=1S/C10H11F2N3/c1-2-3-15-9-5-7(12)6(11)4-8(9)14-10(15)13/h4-5H,2-3H2,1H3,(H2,13,14). The van der Waals surface area contributed by atoms with Crippen LogP contribution < -0.4 is 5.73 Å². The maximum Gasteiger partial charge on any atom is 0.201 e. The van der Waals surface area contributed by atoms with E-state index in [0.29, 0.717) is 17.6 Å². The van der Waals surface area contributed by atoms with Crippen LogP contribution in [0.2, 0.25) is 0 Å². The fraction of sp³-hybridized carbons (Fsp3) is 0.300. The summed E-state index contributed by atoms with van der Waals surface area (Å²) in [6.07, 6.45) is 0.856. The number of aromatic nitrogens is 2. The van der Waals surface area contributed by atoms with Crippen LogP contribution in [-0.4, -0.2) is 9.55 Å². The molecule has 1 aromatic heterocycles. The van der Waals surface area contributed by atoms with Crippen molar-refractivity contribution < 1.29 is 8.78 Å². The monoisotopic (exact) mass is 211 g/mol. The van der Waals surface area contributed by atoms with Crippen LogP contribution in [0.3, 0.4) is 0 Å². The molecule has 0 saturated carbocycles. The van der Waals surface area contributed by atoms with Crippen molar-refractivity contribution in [3.8, 4) is 0 Å². The van der Waals surface area contributed by atoms with Gasteiger partial charge >= 0.3 is 0 Å². The van der Waals surface area contributed by atoms with Crippen LogP contribution in [0.1, 0.15) is 13.3 Å². The van der Waals surface area contributed by atoms with E-state index in [-0.39, 0.29) is 5.95 Å². The molecule has 0 radical (unpaired) electrons. The summed E-state index contributed by atoms with van der Waals surface area (Å²) in [5, 5.41) is 0. The highest BCUT2D eigenvalue weighted by Crippen LogP contribution is 2.21. The van der Waals surface area contributed by atoms with Crippen molar-refractivity contribution in [2.75, 3.05) is 5.73 Å². The van der Waals surface area contributed by atoms with Crippen LogP contribution in [0.25, 0.3) is 11.0 Å². The van der Waals surface area contributed by atoms with Crippen molar-refractivity contribution in [3.63, 3.8) is 0 Å². The largest absolute Gasteiger partial charge is 0.369 e. The van der Waals surface area contributed by atoms with Crippen LogP contribution in [0, 0.1) is 11.6 Å². The van der Waals surface area contributed by atoms with E-state index < -0.39 is 11.6 Å². The molecule has 2 aromatic rings. The van der Waals surface area contributed by atoms with E-state index in [1.54, 1.807) is 4.57 Å². The summed E-state index contributed by atoms with van der Waals surface area (Å²) >= 11 is 0. The fourth-order valence-electron chi connectivity index (χ4n) is 1.60. The molecule has 0 amide bonds. The second kappa shape index (κ2) is 3.49. The Hall–Kier alpha value is -1.65. The summed E-state index contributed by atoms with van der Waals surface area (Å²) < 4.78 is 27.6. The molecule has 0 atom stereocenters. The van der Waals surface area contributed by atoms with E-state index in [1.807, 2.05) is 6.92 Å². The minimum Gasteiger partial charge on any atom is -0.369 e. The van der Waals surface area contributed by atoms with Crippen LogP contribution in [0.4, 0.5) is 14.7 Å². The molecule has 0 spiro atoms. The number of rotatable bonds is 2. The molecule has 0 aliphatic carbocycles. The van der Waals surface area contributed by atoms with Gasteiger partial charge in [-0.1, -0.05) is 6.92 Å². The number of imidazole rings is 1. The number of nitrogen functional groups attached to an aromatic ring is 1. The van der Waals surface area contributed by atoms with E-state index in [0.717, 1.165) is 18.6 Å². The Labute approximate surface area is 85.5 Å². The van der Waals surface area contributed by atoms with E-state index >= 15 is 0 Å². The number of nitrogens with two attached hydrogens (primary N) is 1. The molecule has 15 heavy (non-hydrogen) atoms. The molecule has 1 aromatic carbocycles. The van der Waals surface area contributed by atoms with Crippen molar-refractivity contribution in [2.45, 2.75) is 19.9 Å². The van der Waals surface area contributed by atoms with Crippen molar-refractivity contribution in [1.29, 1.82) is 0 Å². The molecule has 0 fully saturated rings. The Morgan fingerprint density at radius 1 is 1.33 bits per heavy atom. The Balaban J connectivity index is 2.70. The van der Waals surface area contributed by atoms with Gasteiger partial charge in [-0.25, -0.2) is 13.8 Å². The number of fused-ring (bicyclic) bond motifs is 1. The molecule has 0 saturated heterocycles. The zero-order valence-corrected chi connectivity index (χ0v) is 8.30. The highest BCUT2D eigenvalue weighted by atomic mass is 19.2.